The normalized spacial score (nSPS) is 11.7. The lowest BCUT2D eigenvalue weighted by Crippen LogP contribution is -2.12. The third-order valence-electron chi connectivity index (χ3n) is 4.96. The second-order valence-corrected chi connectivity index (χ2v) is 7.23. The topological polar surface area (TPSA) is 29.3 Å². The minimum Gasteiger partial charge on any atom is -0.367 e. The van der Waals surface area contributed by atoms with Crippen molar-refractivity contribution in [1.29, 1.82) is 0 Å². The molecule has 0 spiro atoms. The van der Waals surface area contributed by atoms with Gasteiger partial charge in [-0.2, -0.15) is 0 Å². The molecule has 0 aliphatic carbocycles. The minimum absolute atomic E-state index is 0.310. The molecule has 0 bridgehead atoms. The third kappa shape index (κ3) is 2.55. The van der Waals surface area contributed by atoms with Crippen LogP contribution >= 0.6 is 0 Å². The van der Waals surface area contributed by atoms with E-state index in [2.05, 4.69) is 90.4 Å². The zero-order valence-electron chi connectivity index (χ0n) is 15.5. The molecular weight excluding hydrogens is 330 g/mol. The molecule has 0 saturated carbocycles. The van der Waals surface area contributed by atoms with Crippen LogP contribution in [0.4, 0.5) is 5.82 Å². The number of imidazole rings is 1. The lowest BCUT2D eigenvalue weighted by molar-refractivity contribution is 0.885. The first-order valence-corrected chi connectivity index (χ1v) is 9.37. The Labute approximate surface area is 158 Å². The molecule has 5 rings (SSSR count). The van der Waals surface area contributed by atoms with E-state index < -0.39 is 0 Å². The summed E-state index contributed by atoms with van der Waals surface area (Å²) in [5.74, 6) is 1.04. The number of hydrogen-bond donors (Lipinski definition) is 1. The fraction of sp³-hybridized carbons (Fsp3) is 0.125. The van der Waals surface area contributed by atoms with Crippen LogP contribution in [-0.4, -0.2) is 15.4 Å². The van der Waals surface area contributed by atoms with Crippen molar-refractivity contribution in [2.24, 2.45) is 0 Å². The van der Waals surface area contributed by atoms with Crippen molar-refractivity contribution in [2.45, 2.75) is 19.9 Å². The number of rotatable bonds is 3. The van der Waals surface area contributed by atoms with E-state index in [0.29, 0.717) is 6.04 Å². The Balaban J connectivity index is 1.96. The summed E-state index contributed by atoms with van der Waals surface area (Å²) in [7, 11) is 0. The number of nitrogens with zero attached hydrogens (tertiary/aromatic N) is 2. The number of nitrogens with one attached hydrogen (secondary N) is 1. The Kier molecular flexibility index (Phi) is 3.61. The summed E-state index contributed by atoms with van der Waals surface area (Å²) in [6.45, 7) is 4.32. The van der Waals surface area contributed by atoms with Crippen LogP contribution in [0.2, 0.25) is 0 Å². The van der Waals surface area contributed by atoms with Gasteiger partial charge in [-0.1, -0.05) is 54.6 Å². The minimum atomic E-state index is 0.310. The molecule has 2 heterocycles. The quantitative estimate of drug-likeness (QED) is 0.396. The molecule has 3 heteroatoms. The van der Waals surface area contributed by atoms with Crippen LogP contribution in [0.5, 0.6) is 0 Å². The molecule has 27 heavy (non-hydrogen) atoms. The summed E-state index contributed by atoms with van der Waals surface area (Å²) in [6, 6.07) is 25.9. The molecule has 0 unspecified atom stereocenters. The van der Waals surface area contributed by atoms with Gasteiger partial charge in [0.1, 0.15) is 17.2 Å². The van der Waals surface area contributed by atoms with Crippen LogP contribution < -0.4 is 5.32 Å². The van der Waals surface area contributed by atoms with Gasteiger partial charge in [0.25, 0.3) is 0 Å². The van der Waals surface area contributed by atoms with Crippen LogP contribution in [0, 0.1) is 0 Å². The number of pyridine rings is 1. The fourth-order valence-electron chi connectivity index (χ4n) is 3.85. The molecule has 0 saturated heterocycles. The maximum atomic E-state index is 5.04. The largest absolute Gasteiger partial charge is 0.367 e. The Morgan fingerprint density at radius 1 is 0.815 bits per heavy atom. The number of fused-ring (bicyclic) bond motifs is 3. The summed E-state index contributed by atoms with van der Waals surface area (Å²) in [5.41, 5.74) is 3.14. The highest BCUT2D eigenvalue weighted by atomic mass is 15.1. The van der Waals surface area contributed by atoms with E-state index in [1.807, 2.05) is 12.1 Å². The highest BCUT2D eigenvalue weighted by Crippen LogP contribution is 2.39. The van der Waals surface area contributed by atoms with Gasteiger partial charge in [0.15, 0.2) is 0 Å². The zero-order chi connectivity index (χ0) is 18.4. The van der Waals surface area contributed by atoms with E-state index in [4.69, 9.17) is 4.98 Å². The molecule has 0 amide bonds. The van der Waals surface area contributed by atoms with Crippen molar-refractivity contribution in [3.05, 3.63) is 79.0 Å². The first-order chi connectivity index (χ1) is 13.2. The number of hydrogen-bond acceptors (Lipinski definition) is 2. The predicted molar refractivity (Wildman–Crippen MR) is 114 cm³/mol. The lowest BCUT2D eigenvalue weighted by Gasteiger charge is -2.15. The van der Waals surface area contributed by atoms with Gasteiger partial charge in [0.2, 0.25) is 0 Å². The van der Waals surface area contributed by atoms with Gasteiger partial charge < -0.3 is 5.32 Å². The summed E-state index contributed by atoms with van der Waals surface area (Å²) in [4.78, 5) is 5.04. The predicted octanol–water partition coefficient (Wildman–Crippen LogP) is 6.13. The van der Waals surface area contributed by atoms with Gasteiger partial charge in [-0.25, -0.2) is 4.98 Å². The van der Waals surface area contributed by atoms with Crippen LogP contribution in [0.3, 0.4) is 0 Å². The smallest absolute Gasteiger partial charge is 0.139 e. The van der Waals surface area contributed by atoms with Crippen LogP contribution in [0.15, 0.2) is 79.0 Å². The van der Waals surface area contributed by atoms with Crippen LogP contribution in [0.1, 0.15) is 13.8 Å². The molecule has 3 aromatic carbocycles. The maximum absolute atomic E-state index is 5.04. The first kappa shape index (κ1) is 15.9. The van der Waals surface area contributed by atoms with E-state index >= 15 is 0 Å². The van der Waals surface area contributed by atoms with Gasteiger partial charge in [-0.15, -0.1) is 0 Å². The fourth-order valence-corrected chi connectivity index (χ4v) is 3.85. The number of aromatic nitrogens is 2. The molecule has 0 aliphatic heterocycles. The Morgan fingerprint density at radius 3 is 2.11 bits per heavy atom. The SMILES string of the molecule is CC(C)Nc1c(-c2c3ccccc3cc3ccccc23)nc2ccccn12. The van der Waals surface area contributed by atoms with E-state index in [9.17, 15) is 0 Å². The molecule has 0 aliphatic rings. The van der Waals surface area contributed by atoms with Crippen LogP contribution in [0.25, 0.3) is 38.4 Å². The van der Waals surface area contributed by atoms with Crippen molar-refractivity contribution in [2.75, 3.05) is 5.32 Å². The molecule has 0 fully saturated rings. The zero-order valence-corrected chi connectivity index (χ0v) is 15.5. The average molecular weight is 351 g/mol. The monoisotopic (exact) mass is 351 g/mol. The van der Waals surface area contributed by atoms with E-state index in [-0.39, 0.29) is 0 Å². The lowest BCUT2D eigenvalue weighted by atomic mass is 9.94. The number of anilines is 1. The van der Waals surface area contributed by atoms with Gasteiger partial charge in [-0.05, 0) is 53.6 Å². The van der Waals surface area contributed by atoms with Gasteiger partial charge in [-0.3, -0.25) is 4.40 Å². The van der Waals surface area contributed by atoms with Crippen molar-refractivity contribution < 1.29 is 0 Å². The first-order valence-electron chi connectivity index (χ1n) is 9.37. The highest BCUT2D eigenvalue weighted by molar-refractivity contribution is 6.13. The van der Waals surface area contributed by atoms with E-state index in [1.165, 1.54) is 27.1 Å². The standard InChI is InChI=1S/C24H21N3/c1-16(2)25-24-23(26-21-13-7-8-14-27(21)24)22-19-11-5-3-9-17(19)15-18-10-4-6-12-20(18)22/h3-16,25H,1-2H3. The molecular formula is C24H21N3. The molecule has 1 N–H and O–H groups in total. The third-order valence-corrected chi connectivity index (χ3v) is 4.96. The number of benzene rings is 3. The summed E-state index contributed by atoms with van der Waals surface area (Å²) in [6.07, 6.45) is 2.07. The van der Waals surface area contributed by atoms with Crippen LogP contribution in [-0.2, 0) is 0 Å². The van der Waals surface area contributed by atoms with Crippen molar-refractivity contribution >= 4 is 33.0 Å². The Hall–Kier alpha value is -3.33. The molecule has 0 atom stereocenters. The maximum Gasteiger partial charge on any atom is 0.139 e. The highest BCUT2D eigenvalue weighted by Gasteiger charge is 2.19. The Bertz CT molecular complexity index is 1230. The molecule has 0 radical (unpaired) electrons. The molecule has 2 aromatic heterocycles. The van der Waals surface area contributed by atoms with Crippen molar-refractivity contribution in [3.8, 4) is 11.3 Å². The summed E-state index contributed by atoms with van der Waals surface area (Å²) < 4.78 is 2.14. The Morgan fingerprint density at radius 2 is 1.44 bits per heavy atom. The average Bonchev–Trinajstić information content (AvgIpc) is 3.03. The van der Waals surface area contributed by atoms with Gasteiger partial charge in [0, 0.05) is 17.8 Å². The van der Waals surface area contributed by atoms with E-state index in [1.54, 1.807) is 0 Å². The van der Waals surface area contributed by atoms with Crippen molar-refractivity contribution in [3.63, 3.8) is 0 Å². The second kappa shape index (κ2) is 6.13. The molecule has 5 aromatic rings. The summed E-state index contributed by atoms with van der Waals surface area (Å²) in [5, 5.41) is 8.55. The van der Waals surface area contributed by atoms with Gasteiger partial charge >= 0.3 is 0 Å². The van der Waals surface area contributed by atoms with Crippen molar-refractivity contribution in [1.82, 2.24) is 9.38 Å². The molecule has 132 valence electrons. The summed E-state index contributed by atoms with van der Waals surface area (Å²) >= 11 is 0. The molecule has 3 nitrogen and oxygen atoms in total. The second-order valence-electron chi connectivity index (χ2n) is 7.23. The van der Waals surface area contributed by atoms with Gasteiger partial charge in [0.05, 0.1) is 0 Å². The van der Waals surface area contributed by atoms with E-state index in [0.717, 1.165) is 17.2 Å².